The van der Waals surface area contributed by atoms with Crippen molar-refractivity contribution in [1.29, 1.82) is 0 Å². The minimum absolute atomic E-state index is 0.374. The van der Waals surface area contributed by atoms with Gasteiger partial charge in [0.05, 0.1) is 0 Å². The van der Waals surface area contributed by atoms with Crippen molar-refractivity contribution >= 4 is 11.1 Å². The van der Waals surface area contributed by atoms with Crippen molar-refractivity contribution in [2.45, 2.75) is 65.4 Å². The summed E-state index contributed by atoms with van der Waals surface area (Å²) in [6.45, 7) is 7.33. The van der Waals surface area contributed by atoms with Gasteiger partial charge in [-0.1, -0.05) is 0 Å². The van der Waals surface area contributed by atoms with E-state index >= 15 is 0 Å². The maximum atomic E-state index is 2.78. The Morgan fingerprint density at radius 3 is 1.34 bits per heavy atom. The van der Waals surface area contributed by atoms with E-state index in [-0.39, 0.29) is 0 Å². The van der Waals surface area contributed by atoms with Crippen molar-refractivity contribution in [3.8, 4) is 22.3 Å². The van der Waals surface area contributed by atoms with Crippen molar-refractivity contribution in [3.63, 3.8) is 0 Å². The first-order chi connectivity index (χ1) is 20.0. The van der Waals surface area contributed by atoms with Crippen LogP contribution < -0.4 is 0 Å². The zero-order valence-corrected chi connectivity index (χ0v) is 26.9. The van der Waals surface area contributed by atoms with Crippen LogP contribution in [0.2, 0.25) is 10.5 Å². The molecule has 2 unspecified atom stereocenters. The molecule has 0 fully saturated rings. The van der Waals surface area contributed by atoms with Crippen molar-refractivity contribution in [3.05, 3.63) is 130 Å². The Hall–Kier alpha value is -2.93. The molecule has 0 amide bonds. The zero-order valence-electron chi connectivity index (χ0n) is 25.3. The molecule has 7 rings (SSSR count). The second-order valence-electron chi connectivity index (χ2n) is 13.1. The Morgan fingerprint density at radius 2 is 0.951 bits per heavy atom. The van der Waals surface area contributed by atoms with Crippen LogP contribution in [0.5, 0.6) is 0 Å². The van der Waals surface area contributed by atoms with Gasteiger partial charge in [-0.3, -0.25) is 0 Å². The normalized spacial score (nSPS) is 21.9. The van der Waals surface area contributed by atoms with Crippen LogP contribution in [-0.2, 0) is 16.6 Å². The van der Waals surface area contributed by atoms with Gasteiger partial charge in [0.25, 0.3) is 0 Å². The van der Waals surface area contributed by atoms with E-state index in [0.29, 0.717) is 14.4 Å². The van der Waals surface area contributed by atoms with Gasteiger partial charge in [-0.2, -0.15) is 0 Å². The molecule has 0 saturated heterocycles. The summed E-state index contributed by atoms with van der Waals surface area (Å²) < 4.78 is 1.21. The number of hydrogen-bond acceptors (Lipinski definition) is 0. The predicted octanol–water partition coefficient (Wildman–Crippen LogP) is 11.8. The third kappa shape index (κ3) is 3.98. The quantitative estimate of drug-likeness (QED) is 0.202. The number of benzene rings is 4. The first-order valence-corrected chi connectivity index (χ1v) is 20.7. The molecule has 4 bridgehead atoms. The first kappa shape index (κ1) is 26.9. The van der Waals surface area contributed by atoms with Crippen LogP contribution in [0, 0.1) is 5.92 Å². The Kier molecular flexibility index (Phi) is 6.84. The molecule has 1 heteroatoms. The molecule has 0 N–H and O–H groups in total. The Balaban J connectivity index is 1.57. The molecule has 41 heavy (non-hydrogen) atoms. The van der Waals surface area contributed by atoms with E-state index in [1.54, 1.807) is 44.5 Å². The molecule has 0 nitrogen and oxygen atoms in total. The molecule has 2 aliphatic carbocycles. The SMILES string of the molecule is CCCC1=C2c3c(-c4ccccc4)cccc3[CH]1[Ti]([CH3])([CH3])[CH]1C(CCC)=C(c3c(-c4ccccc4)cccc31)C2C. The fourth-order valence-electron chi connectivity index (χ4n) is 9.04. The number of rotatable bonds is 6. The summed E-state index contributed by atoms with van der Waals surface area (Å²) >= 11 is -2.64. The second kappa shape index (κ2) is 10.4. The standard InChI is InChI=1S/C38H36.2CH3.Ti/c1-4-14-29-24-31-20-12-22-33(27-16-8-6-9-17-27)37(31)35(29)26(3)36-30(15-5-2)25-32-21-13-23-34(38(32)36)28-18-10-7-11-19-28;;;/h6-13,16-26H,4-5,14-15H2,1-3H3;2*1H3;. The third-order valence-corrected chi connectivity index (χ3v) is 17.0. The molecule has 2 atom stereocenters. The summed E-state index contributed by atoms with van der Waals surface area (Å²) in [6.07, 6.45) is 4.85. The zero-order chi connectivity index (χ0) is 28.3. The molecule has 0 saturated carbocycles. The summed E-state index contributed by atoms with van der Waals surface area (Å²) in [7, 11) is 0. The average molecular weight is 571 g/mol. The molecule has 1 aliphatic heterocycles. The molecular weight excluding hydrogens is 528 g/mol. The molecule has 4 aromatic carbocycles. The number of allylic oxidation sites excluding steroid dienone is 4. The molecule has 0 aromatic heterocycles. The van der Waals surface area contributed by atoms with Crippen molar-refractivity contribution in [2.24, 2.45) is 5.92 Å². The van der Waals surface area contributed by atoms with Gasteiger partial charge in [-0.25, -0.2) is 0 Å². The van der Waals surface area contributed by atoms with Crippen LogP contribution in [0.3, 0.4) is 0 Å². The van der Waals surface area contributed by atoms with E-state index in [9.17, 15) is 0 Å². The average Bonchev–Trinajstić information content (AvgIpc) is 3.52. The van der Waals surface area contributed by atoms with E-state index in [4.69, 9.17) is 0 Å². The van der Waals surface area contributed by atoms with E-state index in [1.165, 1.54) is 47.9 Å². The van der Waals surface area contributed by atoms with Gasteiger partial charge < -0.3 is 0 Å². The van der Waals surface area contributed by atoms with Crippen molar-refractivity contribution < 1.29 is 16.6 Å². The van der Waals surface area contributed by atoms with E-state index in [2.05, 4.69) is 128 Å². The van der Waals surface area contributed by atoms with Gasteiger partial charge in [-0.05, 0) is 0 Å². The van der Waals surface area contributed by atoms with Gasteiger partial charge in [0, 0.05) is 0 Å². The molecular formula is C40H42Ti. The van der Waals surface area contributed by atoms with Crippen molar-refractivity contribution in [2.75, 3.05) is 0 Å². The molecule has 4 aromatic rings. The summed E-state index contributed by atoms with van der Waals surface area (Å²) in [5, 5.41) is 5.56. The first-order valence-electron chi connectivity index (χ1n) is 15.8. The Labute approximate surface area is 250 Å². The van der Waals surface area contributed by atoms with E-state index in [0.717, 1.165) is 0 Å². The summed E-state index contributed by atoms with van der Waals surface area (Å²) in [5.41, 5.74) is 18.9. The number of fused-ring (bicyclic) bond motifs is 8. The summed E-state index contributed by atoms with van der Waals surface area (Å²) in [6, 6.07) is 36.9. The fourth-order valence-corrected chi connectivity index (χ4v) is 16.6. The topological polar surface area (TPSA) is 0 Å². The Morgan fingerprint density at radius 1 is 0.537 bits per heavy atom. The van der Waals surface area contributed by atoms with E-state index in [1.807, 2.05) is 0 Å². The van der Waals surface area contributed by atoms with Gasteiger partial charge >= 0.3 is 252 Å². The second-order valence-corrected chi connectivity index (χ2v) is 20.6. The molecule has 0 spiro atoms. The van der Waals surface area contributed by atoms with Gasteiger partial charge in [-0.15, -0.1) is 0 Å². The van der Waals surface area contributed by atoms with Crippen molar-refractivity contribution in [1.82, 2.24) is 0 Å². The monoisotopic (exact) mass is 570 g/mol. The van der Waals surface area contributed by atoms with E-state index < -0.39 is 16.6 Å². The maximum absolute atomic E-state index is 2.78. The summed E-state index contributed by atoms with van der Waals surface area (Å²) in [4.78, 5) is 0. The van der Waals surface area contributed by atoms with Crippen LogP contribution in [0.25, 0.3) is 33.4 Å². The number of hydrogen-bond donors (Lipinski definition) is 0. The third-order valence-electron chi connectivity index (χ3n) is 10.3. The molecule has 3 aliphatic rings. The predicted molar refractivity (Wildman–Crippen MR) is 174 cm³/mol. The Bertz CT molecular complexity index is 1560. The van der Waals surface area contributed by atoms with Gasteiger partial charge in [0.2, 0.25) is 0 Å². The summed E-state index contributed by atoms with van der Waals surface area (Å²) in [5.74, 6) is 0.374. The van der Waals surface area contributed by atoms with Crippen LogP contribution >= 0.6 is 0 Å². The minimum atomic E-state index is -2.64. The molecule has 0 radical (unpaired) electrons. The van der Waals surface area contributed by atoms with Crippen LogP contribution in [-0.4, -0.2) is 0 Å². The molecule has 206 valence electrons. The van der Waals surface area contributed by atoms with Crippen LogP contribution in [0.1, 0.15) is 77.2 Å². The molecule has 1 heterocycles. The van der Waals surface area contributed by atoms with Gasteiger partial charge in [0.15, 0.2) is 0 Å². The van der Waals surface area contributed by atoms with Crippen LogP contribution in [0.4, 0.5) is 0 Å². The fraction of sp³-hybridized carbons (Fsp3) is 0.300. The van der Waals surface area contributed by atoms with Crippen LogP contribution in [0.15, 0.2) is 108 Å². The van der Waals surface area contributed by atoms with Gasteiger partial charge in [0.1, 0.15) is 0 Å².